The van der Waals surface area contributed by atoms with E-state index < -0.39 is 5.60 Å². The van der Waals surface area contributed by atoms with Crippen molar-refractivity contribution in [1.29, 1.82) is 0 Å². The molecule has 0 aliphatic heterocycles. The van der Waals surface area contributed by atoms with Gasteiger partial charge in [0.25, 0.3) is 0 Å². The van der Waals surface area contributed by atoms with Crippen molar-refractivity contribution in [3.8, 4) is 0 Å². The molecule has 0 spiro atoms. The van der Waals surface area contributed by atoms with E-state index >= 15 is 0 Å². The van der Waals surface area contributed by atoms with Gasteiger partial charge >= 0.3 is 0 Å². The minimum Gasteiger partial charge on any atom is -0.385 e. The highest BCUT2D eigenvalue weighted by Crippen LogP contribution is 2.50. The first kappa shape index (κ1) is 16.6. The Morgan fingerprint density at radius 3 is 2.04 bits per heavy atom. The van der Waals surface area contributed by atoms with Crippen molar-refractivity contribution in [3.63, 3.8) is 0 Å². The van der Waals surface area contributed by atoms with Gasteiger partial charge in [-0.2, -0.15) is 0 Å². The van der Waals surface area contributed by atoms with Crippen molar-refractivity contribution in [3.05, 3.63) is 60.2 Å². The summed E-state index contributed by atoms with van der Waals surface area (Å²) in [6, 6.07) is 19.4. The molecule has 1 fully saturated rings. The fourth-order valence-corrected chi connectivity index (χ4v) is 5.14. The third-order valence-corrected chi connectivity index (χ3v) is 6.25. The molecular weight excluding hydrogens is 304 g/mol. The largest absolute Gasteiger partial charge is 0.385 e. The topological polar surface area (TPSA) is 20.2 Å². The molecule has 0 saturated heterocycles. The molecule has 1 aliphatic rings. The molecule has 1 saturated carbocycles. The Hall–Kier alpha value is -1.86. The van der Waals surface area contributed by atoms with Crippen molar-refractivity contribution in [2.24, 2.45) is 17.8 Å². The zero-order valence-electron chi connectivity index (χ0n) is 15.5. The summed E-state index contributed by atoms with van der Waals surface area (Å²) in [5, 5.41) is 17.0. The predicted octanol–water partition coefficient (Wildman–Crippen LogP) is 6.27. The van der Waals surface area contributed by atoms with Crippen LogP contribution in [0.25, 0.3) is 21.5 Å². The lowest BCUT2D eigenvalue weighted by Gasteiger charge is -2.46. The fraction of sp³-hybridized carbons (Fsp3) is 0.417. The second-order valence-corrected chi connectivity index (χ2v) is 8.36. The maximum atomic E-state index is 12.1. The third-order valence-electron chi connectivity index (χ3n) is 6.25. The van der Waals surface area contributed by atoms with Crippen molar-refractivity contribution in [1.82, 2.24) is 0 Å². The third kappa shape index (κ3) is 2.66. The molecule has 0 bridgehead atoms. The Morgan fingerprint density at radius 1 is 0.920 bits per heavy atom. The second kappa shape index (κ2) is 6.14. The molecule has 0 aromatic heterocycles. The smallest absolute Gasteiger partial charge is 0.0941 e. The Labute approximate surface area is 150 Å². The normalized spacial score (nSPS) is 27.2. The average molecular weight is 332 g/mol. The first-order chi connectivity index (χ1) is 12.0. The van der Waals surface area contributed by atoms with Crippen LogP contribution in [0.3, 0.4) is 0 Å². The maximum absolute atomic E-state index is 12.1. The quantitative estimate of drug-likeness (QED) is 0.548. The Bertz CT molecular complexity index is 856. The van der Waals surface area contributed by atoms with E-state index in [1.54, 1.807) is 0 Å². The van der Waals surface area contributed by atoms with E-state index in [4.69, 9.17) is 0 Å². The van der Waals surface area contributed by atoms with E-state index in [1.807, 2.05) is 0 Å². The van der Waals surface area contributed by atoms with Crippen LogP contribution in [0.5, 0.6) is 0 Å². The van der Waals surface area contributed by atoms with E-state index in [-0.39, 0.29) is 0 Å². The van der Waals surface area contributed by atoms with Gasteiger partial charge in [-0.1, -0.05) is 75.7 Å². The molecule has 3 unspecified atom stereocenters. The predicted molar refractivity (Wildman–Crippen MR) is 107 cm³/mol. The summed E-state index contributed by atoms with van der Waals surface area (Å²) in [5.74, 6) is 1.32. The van der Waals surface area contributed by atoms with E-state index in [9.17, 15) is 5.11 Å². The van der Waals surface area contributed by atoms with Crippen molar-refractivity contribution >= 4 is 21.5 Å². The molecular formula is C24H28O. The van der Waals surface area contributed by atoms with Gasteiger partial charge in [-0.3, -0.25) is 0 Å². The molecule has 25 heavy (non-hydrogen) atoms. The number of hydrogen-bond donors (Lipinski definition) is 1. The summed E-state index contributed by atoms with van der Waals surface area (Å²) in [6.07, 6.45) is 3.18. The Balaban J connectivity index is 2.08. The zero-order chi connectivity index (χ0) is 17.6. The average Bonchev–Trinajstić information content (AvgIpc) is 2.59. The van der Waals surface area contributed by atoms with E-state index in [0.717, 1.165) is 18.4 Å². The van der Waals surface area contributed by atoms with Crippen LogP contribution in [-0.4, -0.2) is 5.11 Å². The van der Waals surface area contributed by atoms with Crippen LogP contribution in [-0.2, 0) is 5.60 Å². The van der Waals surface area contributed by atoms with Crippen molar-refractivity contribution in [2.75, 3.05) is 0 Å². The standard InChI is InChI=1S/C24H28O/c1-16(2)22-13-12-17(3)15-24(22,25)23-20-10-6-4-8-18(20)14-19-9-5-7-11-21(19)23/h4-11,14,16-17,22,25H,12-13,15H2,1-3H3. The molecule has 1 heteroatoms. The number of fused-ring (bicyclic) bond motifs is 2. The van der Waals surface area contributed by atoms with Crippen LogP contribution in [0.15, 0.2) is 54.6 Å². The summed E-state index contributed by atoms with van der Waals surface area (Å²) in [5.41, 5.74) is 0.401. The van der Waals surface area contributed by atoms with Gasteiger partial charge in [-0.25, -0.2) is 0 Å². The van der Waals surface area contributed by atoms with Gasteiger partial charge in [-0.05, 0) is 63.8 Å². The lowest BCUT2D eigenvalue weighted by Crippen LogP contribution is -2.43. The Morgan fingerprint density at radius 2 is 1.48 bits per heavy atom. The number of aliphatic hydroxyl groups is 1. The van der Waals surface area contributed by atoms with E-state index in [0.29, 0.717) is 17.8 Å². The van der Waals surface area contributed by atoms with E-state index in [1.165, 1.54) is 28.0 Å². The molecule has 1 nitrogen and oxygen atoms in total. The molecule has 0 amide bonds. The minimum atomic E-state index is -0.758. The van der Waals surface area contributed by atoms with Gasteiger partial charge in [0.05, 0.1) is 5.60 Å². The van der Waals surface area contributed by atoms with Gasteiger partial charge in [0.2, 0.25) is 0 Å². The first-order valence-electron chi connectivity index (χ1n) is 9.64. The highest BCUT2D eigenvalue weighted by atomic mass is 16.3. The van der Waals surface area contributed by atoms with Crippen molar-refractivity contribution in [2.45, 2.75) is 45.6 Å². The maximum Gasteiger partial charge on any atom is 0.0941 e. The SMILES string of the molecule is CC1CCC(C(C)C)C(O)(c2c3ccccc3cc3ccccc23)C1. The lowest BCUT2D eigenvalue weighted by atomic mass is 9.63. The summed E-state index contributed by atoms with van der Waals surface area (Å²) in [7, 11) is 0. The molecule has 0 heterocycles. The second-order valence-electron chi connectivity index (χ2n) is 8.36. The first-order valence-corrected chi connectivity index (χ1v) is 9.64. The van der Waals surface area contributed by atoms with Crippen LogP contribution in [0.4, 0.5) is 0 Å². The minimum absolute atomic E-state index is 0.304. The fourth-order valence-electron chi connectivity index (χ4n) is 5.14. The molecule has 3 atom stereocenters. The Kier molecular flexibility index (Phi) is 4.08. The highest BCUT2D eigenvalue weighted by Gasteiger charge is 2.45. The van der Waals surface area contributed by atoms with Gasteiger partial charge in [0.15, 0.2) is 0 Å². The molecule has 1 N–H and O–H groups in total. The summed E-state index contributed by atoms with van der Waals surface area (Å²) in [6.45, 7) is 6.81. The lowest BCUT2D eigenvalue weighted by molar-refractivity contribution is -0.0843. The van der Waals surface area contributed by atoms with Crippen molar-refractivity contribution < 1.29 is 5.11 Å². The molecule has 1 aliphatic carbocycles. The number of hydrogen-bond acceptors (Lipinski definition) is 1. The summed E-state index contributed by atoms with van der Waals surface area (Å²) in [4.78, 5) is 0. The highest BCUT2D eigenvalue weighted by molar-refractivity contribution is 6.03. The van der Waals surface area contributed by atoms with Gasteiger partial charge in [0, 0.05) is 0 Å². The molecule has 4 rings (SSSR count). The van der Waals surface area contributed by atoms with Gasteiger partial charge in [-0.15, -0.1) is 0 Å². The molecule has 3 aromatic rings. The van der Waals surface area contributed by atoms with Crippen LogP contribution in [0, 0.1) is 17.8 Å². The zero-order valence-corrected chi connectivity index (χ0v) is 15.5. The molecule has 130 valence electrons. The molecule has 3 aromatic carbocycles. The van der Waals surface area contributed by atoms with Crippen LogP contribution >= 0.6 is 0 Å². The summed E-state index contributed by atoms with van der Waals surface area (Å²) < 4.78 is 0. The van der Waals surface area contributed by atoms with Crippen LogP contribution in [0.2, 0.25) is 0 Å². The monoisotopic (exact) mass is 332 g/mol. The van der Waals surface area contributed by atoms with Gasteiger partial charge in [0.1, 0.15) is 0 Å². The number of rotatable bonds is 2. The molecule has 0 radical (unpaired) electrons. The van der Waals surface area contributed by atoms with Crippen LogP contribution in [0.1, 0.15) is 45.6 Å². The van der Waals surface area contributed by atoms with E-state index in [2.05, 4.69) is 75.4 Å². The summed E-state index contributed by atoms with van der Waals surface area (Å²) >= 11 is 0. The number of benzene rings is 3. The van der Waals surface area contributed by atoms with Gasteiger partial charge < -0.3 is 5.11 Å². The van der Waals surface area contributed by atoms with Crippen LogP contribution < -0.4 is 0 Å².